The van der Waals surface area contributed by atoms with Gasteiger partial charge in [0, 0.05) is 26.6 Å². The van der Waals surface area contributed by atoms with Crippen molar-refractivity contribution in [2.24, 2.45) is 0 Å². The van der Waals surface area contributed by atoms with E-state index in [4.69, 9.17) is 4.74 Å². The van der Waals surface area contributed by atoms with E-state index in [1.807, 2.05) is 0 Å². The number of rotatable bonds is 8. The molecular weight excluding hydrogens is 287 g/mol. The molecule has 122 valence electrons. The minimum absolute atomic E-state index is 0.126. The van der Waals surface area contributed by atoms with Crippen molar-refractivity contribution in [1.82, 2.24) is 10.2 Å². The normalized spacial score (nSPS) is 11.8. The summed E-state index contributed by atoms with van der Waals surface area (Å²) in [5, 5.41) is 2.72. The van der Waals surface area contributed by atoms with Crippen LogP contribution in [0, 0.1) is 5.82 Å². The summed E-state index contributed by atoms with van der Waals surface area (Å²) in [4.78, 5) is 25.7. The van der Waals surface area contributed by atoms with E-state index in [0.29, 0.717) is 19.6 Å². The lowest BCUT2D eigenvalue weighted by Crippen LogP contribution is -2.48. The molecule has 1 rings (SSSR count). The first-order valence-corrected chi connectivity index (χ1v) is 7.30. The average Bonchev–Trinajstić information content (AvgIpc) is 2.53. The van der Waals surface area contributed by atoms with Gasteiger partial charge >= 0.3 is 0 Å². The number of hydrogen-bond acceptors (Lipinski definition) is 3. The van der Waals surface area contributed by atoms with E-state index in [0.717, 1.165) is 5.56 Å². The molecule has 5 nitrogen and oxygen atoms in total. The molecule has 0 aliphatic carbocycles. The van der Waals surface area contributed by atoms with E-state index >= 15 is 0 Å². The first-order chi connectivity index (χ1) is 10.5. The van der Waals surface area contributed by atoms with Gasteiger partial charge in [-0.2, -0.15) is 0 Å². The molecule has 0 saturated heterocycles. The zero-order valence-electron chi connectivity index (χ0n) is 13.3. The first kappa shape index (κ1) is 18.1. The number of halogens is 1. The van der Waals surface area contributed by atoms with Crippen LogP contribution in [0.4, 0.5) is 4.39 Å². The maximum Gasteiger partial charge on any atom is 0.242 e. The van der Waals surface area contributed by atoms with Gasteiger partial charge in [-0.3, -0.25) is 9.59 Å². The Morgan fingerprint density at radius 3 is 2.50 bits per heavy atom. The molecule has 0 aromatic heterocycles. The Balaban J connectivity index is 2.76. The van der Waals surface area contributed by atoms with Crippen molar-refractivity contribution in [2.45, 2.75) is 32.9 Å². The van der Waals surface area contributed by atoms with Crippen molar-refractivity contribution in [3.8, 4) is 0 Å². The highest BCUT2D eigenvalue weighted by Crippen LogP contribution is 2.11. The van der Waals surface area contributed by atoms with Gasteiger partial charge in [-0.15, -0.1) is 0 Å². The van der Waals surface area contributed by atoms with Crippen LogP contribution in [-0.2, 0) is 20.9 Å². The second kappa shape index (κ2) is 9.15. The molecule has 0 heterocycles. The van der Waals surface area contributed by atoms with Crippen LogP contribution in [0.1, 0.15) is 25.8 Å². The largest absolute Gasteiger partial charge is 0.383 e. The fraction of sp³-hybridized carbons (Fsp3) is 0.500. The fourth-order valence-electron chi connectivity index (χ4n) is 2.00. The van der Waals surface area contributed by atoms with E-state index in [1.54, 1.807) is 33.1 Å². The Morgan fingerprint density at radius 1 is 1.32 bits per heavy atom. The summed E-state index contributed by atoms with van der Waals surface area (Å²) in [6, 6.07) is 5.30. The van der Waals surface area contributed by atoms with Crippen LogP contribution < -0.4 is 5.32 Å². The molecule has 0 radical (unpaired) electrons. The van der Waals surface area contributed by atoms with Crippen molar-refractivity contribution in [2.75, 3.05) is 20.3 Å². The van der Waals surface area contributed by atoms with E-state index in [2.05, 4.69) is 5.32 Å². The lowest BCUT2D eigenvalue weighted by Gasteiger charge is -2.28. The number of nitrogens with zero attached hydrogens (tertiary/aromatic N) is 1. The van der Waals surface area contributed by atoms with Crippen LogP contribution in [0.25, 0.3) is 0 Å². The second-order valence-corrected chi connectivity index (χ2v) is 4.96. The van der Waals surface area contributed by atoms with Crippen LogP contribution in [0.2, 0.25) is 0 Å². The van der Waals surface area contributed by atoms with E-state index in [1.165, 1.54) is 17.0 Å². The Kier molecular flexibility index (Phi) is 7.52. The molecule has 6 heteroatoms. The first-order valence-electron chi connectivity index (χ1n) is 7.30. The Morgan fingerprint density at radius 2 is 1.95 bits per heavy atom. The highest BCUT2D eigenvalue weighted by atomic mass is 19.1. The van der Waals surface area contributed by atoms with E-state index < -0.39 is 6.04 Å². The number of amides is 2. The molecule has 0 aliphatic heterocycles. The molecule has 22 heavy (non-hydrogen) atoms. The lowest BCUT2D eigenvalue weighted by molar-refractivity contribution is -0.140. The van der Waals surface area contributed by atoms with Crippen LogP contribution >= 0.6 is 0 Å². The zero-order chi connectivity index (χ0) is 16.5. The maximum atomic E-state index is 13.0. The van der Waals surface area contributed by atoms with Gasteiger partial charge in [0.25, 0.3) is 0 Å². The van der Waals surface area contributed by atoms with Crippen molar-refractivity contribution < 1.29 is 18.7 Å². The van der Waals surface area contributed by atoms with Crippen LogP contribution in [0.3, 0.4) is 0 Å². The van der Waals surface area contributed by atoms with Gasteiger partial charge in [0.1, 0.15) is 11.9 Å². The number of hydrogen-bond donors (Lipinski definition) is 1. The molecule has 0 bridgehead atoms. The second-order valence-electron chi connectivity index (χ2n) is 4.96. The predicted molar refractivity (Wildman–Crippen MR) is 81.6 cm³/mol. The van der Waals surface area contributed by atoms with Gasteiger partial charge in [-0.1, -0.05) is 19.1 Å². The third-order valence-electron chi connectivity index (χ3n) is 3.34. The Labute approximate surface area is 130 Å². The van der Waals surface area contributed by atoms with Gasteiger partial charge in [-0.25, -0.2) is 4.39 Å². The zero-order valence-corrected chi connectivity index (χ0v) is 13.3. The summed E-state index contributed by atoms with van der Waals surface area (Å²) in [5.74, 6) is -0.692. The SMILES string of the molecule is CCC(=O)N(Cc1ccc(F)cc1)[C@@H](C)C(=O)NCCOC. The summed E-state index contributed by atoms with van der Waals surface area (Å²) in [6.45, 7) is 4.50. The van der Waals surface area contributed by atoms with Crippen LogP contribution in [0.15, 0.2) is 24.3 Å². The van der Waals surface area contributed by atoms with Gasteiger partial charge in [-0.05, 0) is 24.6 Å². The Bertz CT molecular complexity index is 491. The third-order valence-corrected chi connectivity index (χ3v) is 3.34. The third kappa shape index (κ3) is 5.44. The molecule has 1 aromatic rings. The minimum atomic E-state index is -0.602. The summed E-state index contributed by atoms with van der Waals surface area (Å²) in [7, 11) is 1.55. The summed E-state index contributed by atoms with van der Waals surface area (Å²) < 4.78 is 17.8. The van der Waals surface area contributed by atoms with Crippen molar-refractivity contribution in [3.63, 3.8) is 0 Å². The minimum Gasteiger partial charge on any atom is -0.383 e. The summed E-state index contributed by atoms with van der Waals surface area (Å²) in [5.41, 5.74) is 0.778. The molecule has 1 atom stereocenters. The molecular formula is C16H23FN2O3. The highest BCUT2D eigenvalue weighted by molar-refractivity contribution is 5.87. The average molecular weight is 310 g/mol. The molecule has 1 aromatic carbocycles. The topological polar surface area (TPSA) is 58.6 Å². The molecule has 1 N–H and O–H groups in total. The molecule has 0 spiro atoms. The summed E-state index contributed by atoms with van der Waals surface area (Å²) in [6.07, 6.45) is 0.302. The van der Waals surface area contributed by atoms with Crippen molar-refractivity contribution >= 4 is 11.8 Å². The number of ether oxygens (including phenoxy) is 1. The van der Waals surface area contributed by atoms with Gasteiger partial charge in [0.15, 0.2) is 0 Å². The lowest BCUT2D eigenvalue weighted by atomic mass is 10.1. The van der Waals surface area contributed by atoms with Gasteiger partial charge in [0.05, 0.1) is 6.61 Å². The van der Waals surface area contributed by atoms with E-state index in [9.17, 15) is 14.0 Å². The number of methoxy groups -OCH3 is 1. The van der Waals surface area contributed by atoms with E-state index in [-0.39, 0.29) is 24.2 Å². The molecule has 0 unspecified atom stereocenters. The fourth-order valence-corrected chi connectivity index (χ4v) is 2.00. The highest BCUT2D eigenvalue weighted by Gasteiger charge is 2.24. The van der Waals surface area contributed by atoms with Gasteiger partial charge < -0.3 is 15.0 Å². The van der Waals surface area contributed by atoms with Crippen LogP contribution in [0.5, 0.6) is 0 Å². The maximum absolute atomic E-state index is 13.0. The quantitative estimate of drug-likeness (QED) is 0.744. The smallest absolute Gasteiger partial charge is 0.242 e. The molecule has 0 aliphatic rings. The van der Waals surface area contributed by atoms with Crippen molar-refractivity contribution in [1.29, 1.82) is 0 Å². The molecule has 0 fully saturated rings. The number of carbonyl (C=O) groups excluding carboxylic acids is 2. The van der Waals surface area contributed by atoms with Crippen molar-refractivity contribution in [3.05, 3.63) is 35.6 Å². The Hall–Kier alpha value is -1.95. The van der Waals surface area contributed by atoms with Crippen LogP contribution in [-0.4, -0.2) is 43.0 Å². The molecule has 0 saturated carbocycles. The van der Waals surface area contributed by atoms with Gasteiger partial charge in [0.2, 0.25) is 11.8 Å². The summed E-state index contributed by atoms with van der Waals surface area (Å²) >= 11 is 0. The number of nitrogens with one attached hydrogen (secondary N) is 1. The molecule has 2 amide bonds. The predicted octanol–water partition coefficient (Wildman–Crippen LogP) is 1.72. The number of carbonyl (C=O) groups is 2. The number of benzene rings is 1. The standard InChI is InChI=1S/C16H23FN2O3/c1-4-15(20)19(11-13-5-7-14(17)8-6-13)12(2)16(21)18-9-10-22-3/h5-8,12H,4,9-11H2,1-3H3,(H,18,21)/t12-/m0/s1. The monoisotopic (exact) mass is 310 g/mol.